The molecule has 0 atom stereocenters. The van der Waals surface area contributed by atoms with Gasteiger partial charge in [0.1, 0.15) is 5.58 Å². The second-order valence-corrected chi connectivity index (χ2v) is 4.98. The van der Waals surface area contributed by atoms with Crippen molar-refractivity contribution in [2.75, 3.05) is 13.2 Å². The number of fused-ring (bicyclic) bond motifs is 1. The Kier molecular flexibility index (Phi) is 5.16. The minimum atomic E-state index is -0.874. The maximum Gasteiger partial charge on any atom is 0.374 e. The average molecular weight is 324 g/mol. The molecule has 2 rings (SSSR count). The molecule has 0 bridgehead atoms. The lowest BCUT2D eigenvalue weighted by atomic mass is 10.2. The van der Waals surface area contributed by atoms with Crippen LogP contribution < -0.4 is 10.7 Å². The van der Waals surface area contributed by atoms with Crippen LogP contribution in [-0.4, -0.2) is 25.0 Å². The Hall–Kier alpha value is -2.34. The van der Waals surface area contributed by atoms with Gasteiger partial charge in [-0.1, -0.05) is 18.5 Å². The van der Waals surface area contributed by atoms with Crippen LogP contribution in [0.4, 0.5) is 0 Å². The quantitative estimate of drug-likeness (QED) is 0.852. The lowest BCUT2D eigenvalue weighted by Gasteiger charge is -2.05. The average Bonchev–Trinajstić information content (AvgIpc) is 2.51. The van der Waals surface area contributed by atoms with Gasteiger partial charge in [0.05, 0.1) is 5.39 Å². The standard InChI is InChI=1S/C15H14ClNO5/c1-2-5-17-14(19)8-21-15(20)13-7-11(18)10-6-9(16)3-4-12(10)22-13/h3-4,6-7H,2,5,8H2,1H3,(H,17,19). The van der Waals surface area contributed by atoms with Gasteiger partial charge in [-0.25, -0.2) is 4.79 Å². The zero-order valence-corrected chi connectivity index (χ0v) is 12.6. The van der Waals surface area contributed by atoms with Crippen molar-refractivity contribution in [2.45, 2.75) is 13.3 Å². The first-order valence-electron chi connectivity index (χ1n) is 6.68. The van der Waals surface area contributed by atoms with E-state index in [0.29, 0.717) is 11.6 Å². The summed E-state index contributed by atoms with van der Waals surface area (Å²) in [6.45, 7) is 1.98. The number of nitrogens with one attached hydrogen (secondary N) is 1. The Bertz CT molecular complexity index is 768. The van der Waals surface area contributed by atoms with E-state index in [2.05, 4.69) is 5.32 Å². The van der Waals surface area contributed by atoms with Gasteiger partial charge in [-0.15, -0.1) is 0 Å². The predicted molar refractivity (Wildman–Crippen MR) is 81.1 cm³/mol. The summed E-state index contributed by atoms with van der Waals surface area (Å²) in [7, 11) is 0. The third-order valence-corrected chi connectivity index (χ3v) is 3.03. The van der Waals surface area contributed by atoms with E-state index in [1.165, 1.54) is 12.1 Å². The second-order valence-electron chi connectivity index (χ2n) is 4.54. The molecule has 7 heteroatoms. The molecule has 0 radical (unpaired) electrons. The van der Waals surface area contributed by atoms with Crippen molar-refractivity contribution in [3.05, 3.63) is 45.3 Å². The number of hydrogen-bond donors (Lipinski definition) is 1. The molecule has 0 aliphatic carbocycles. The van der Waals surface area contributed by atoms with Crippen LogP contribution in [0.5, 0.6) is 0 Å². The summed E-state index contributed by atoms with van der Waals surface area (Å²) in [4.78, 5) is 35.1. The van der Waals surface area contributed by atoms with Gasteiger partial charge in [0.15, 0.2) is 12.0 Å². The number of benzene rings is 1. The first kappa shape index (κ1) is 16.0. The third kappa shape index (κ3) is 3.85. The molecule has 0 saturated heterocycles. The van der Waals surface area contributed by atoms with E-state index >= 15 is 0 Å². The van der Waals surface area contributed by atoms with E-state index in [4.69, 9.17) is 20.8 Å². The van der Waals surface area contributed by atoms with Crippen LogP contribution in [0.25, 0.3) is 11.0 Å². The first-order valence-corrected chi connectivity index (χ1v) is 7.06. The highest BCUT2D eigenvalue weighted by Crippen LogP contribution is 2.17. The summed E-state index contributed by atoms with van der Waals surface area (Å²) in [5.74, 6) is -1.55. The van der Waals surface area contributed by atoms with E-state index in [-0.39, 0.29) is 16.7 Å². The van der Waals surface area contributed by atoms with E-state index in [1.54, 1.807) is 6.07 Å². The number of hydrogen-bond acceptors (Lipinski definition) is 5. The van der Waals surface area contributed by atoms with Crippen molar-refractivity contribution >= 4 is 34.4 Å². The molecule has 0 aliphatic heterocycles. The smallest absolute Gasteiger partial charge is 0.374 e. The fraction of sp³-hybridized carbons (Fsp3) is 0.267. The molecule has 1 heterocycles. The number of amides is 1. The summed E-state index contributed by atoms with van der Waals surface area (Å²) in [5, 5.41) is 3.22. The van der Waals surface area contributed by atoms with Gasteiger partial charge in [-0.2, -0.15) is 0 Å². The zero-order chi connectivity index (χ0) is 16.1. The van der Waals surface area contributed by atoms with Gasteiger partial charge in [0, 0.05) is 17.6 Å². The van der Waals surface area contributed by atoms with Gasteiger partial charge >= 0.3 is 5.97 Å². The molecule has 1 aromatic carbocycles. The van der Waals surface area contributed by atoms with Crippen molar-refractivity contribution in [3.63, 3.8) is 0 Å². The van der Waals surface area contributed by atoms with Crippen LogP contribution in [0.1, 0.15) is 23.9 Å². The van der Waals surface area contributed by atoms with E-state index < -0.39 is 23.9 Å². The number of esters is 1. The molecular weight excluding hydrogens is 310 g/mol. The molecule has 0 spiro atoms. The Labute approximate surface area is 131 Å². The van der Waals surface area contributed by atoms with Gasteiger partial charge in [-0.3, -0.25) is 9.59 Å². The van der Waals surface area contributed by atoms with Crippen molar-refractivity contribution in [3.8, 4) is 0 Å². The Morgan fingerprint density at radius 1 is 1.32 bits per heavy atom. The van der Waals surface area contributed by atoms with E-state index in [0.717, 1.165) is 12.5 Å². The van der Waals surface area contributed by atoms with Crippen molar-refractivity contribution < 1.29 is 18.7 Å². The van der Waals surface area contributed by atoms with Crippen LogP contribution in [0.3, 0.4) is 0 Å². The molecule has 1 amide bonds. The molecule has 0 fully saturated rings. The number of carbonyl (C=O) groups excluding carboxylic acids is 2. The number of carbonyl (C=O) groups is 2. The highest BCUT2D eigenvalue weighted by Gasteiger charge is 2.15. The molecule has 22 heavy (non-hydrogen) atoms. The first-order chi connectivity index (χ1) is 10.5. The summed E-state index contributed by atoms with van der Waals surface area (Å²) in [6, 6.07) is 5.50. The molecule has 1 N–H and O–H groups in total. The number of halogens is 1. The van der Waals surface area contributed by atoms with Gasteiger partial charge < -0.3 is 14.5 Å². The van der Waals surface area contributed by atoms with Crippen molar-refractivity contribution in [2.24, 2.45) is 0 Å². The summed E-state index contributed by atoms with van der Waals surface area (Å²) < 4.78 is 10.1. The van der Waals surface area contributed by atoms with E-state index in [9.17, 15) is 14.4 Å². The summed E-state index contributed by atoms with van der Waals surface area (Å²) in [6.07, 6.45) is 0.780. The highest BCUT2D eigenvalue weighted by atomic mass is 35.5. The van der Waals surface area contributed by atoms with Crippen molar-refractivity contribution in [1.29, 1.82) is 0 Å². The molecule has 1 aromatic heterocycles. The van der Waals surface area contributed by atoms with Crippen LogP contribution in [0.2, 0.25) is 5.02 Å². The fourth-order valence-electron chi connectivity index (χ4n) is 1.75. The maximum absolute atomic E-state index is 11.9. The fourth-order valence-corrected chi connectivity index (χ4v) is 1.92. The maximum atomic E-state index is 11.9. The lowest BCUT2D eigenvalue weighted by molar-refractivity contribution is -0.124. The van der Waals surface area contributed by atoms with Crippen molar-refractivity contribution in [1.82, 2.24) is 5.32 Å². The number of ether oxygens (including phenoxy) is 1. The molecule has 2 aromatic rings. The van der Waals surface area contributed by atoms with Crippen LogP contribution in [0.15, 0.2) is 33.5 Å². The Balaban J connectivity index is 2.13. The Morgan fingerprint density at radius 2 is 2.09 bits per heavy atom. The largest absolute Gasteiger partial charge is 0.450 e. The molecular formula is C15H14ClNO5. The lowest BCUT2D eigenvalue weighted by Crippen LogP contribution is -2.29. The minimum absolute atomic E-state index is 0.222. The minimum Gasteiger partial charge on any atom is -0.450 e. The molecule has 6 nitrogen and oxygen atoms in total. The normalized spacial score (nSPS) is 10.5. The predicted octanol–water partition coefficient (Wildman–Crippen LogP) is 2.13. The summed E-state index contributed by atoms with van der Waals surface area (Å²) in [5.41, 5.74) is -0.189. The monoisotopic (exact) mass is 323 g/mol. The van der Waals surface area contributed by atoms with Gasteiger partial charge in [0.2, 0.25) is 5.76 Å². The Morgan fingerprint density at radius 3 is 2.82 bits per heavy atom. The van der Waals surface area contributed by atoms with Gasteiger partial charge in [0.25, 0.3) is 5.91 Å². The molecule has 116 valence electrons. The SMILES string of the molecule is CCCNC(=O)COC(=O)c1cc(=O)c2cc(Cl)ccc2o1. The summed E-state index contributed by atoms with van der Waals surface area (Å²) >= 11 is 5.80. The number of rotatable bonds is 5. The van der Waals surface area contributed by atoms with Crippen LogP contribution in [0, 0.1) is 0 Å². The third-order valence-electron chi connectivity index (χ3n) is 2.80. The van der Waals surface area contributed by atoms with Crippen LogP contribution in [-0.2, 0) is 9.53 Å². The molecule has 0 aliphatic rings. The molecule has 0 saturated carbocycles. The van der Waals surface area contributed by atoms with Crippen LogP contribution >= 0.6 is 11.6 Å². The topological polar surface area (TPSA) is 85.6 Å². The second kappa shape index (κ2) is 7.09. The zero-order valence-electron chi connectivity index (χ0n) is 11.8. The molecule has 0 unspecified atom stereocenters. The highest BCUT2D eigenvalue weighted by molar-refractivity contribution is 6.31. The van der Waals surface area contributed by atoms with Gasteiger partial charge in [-0.05, 0) is 24.6 Å². The van der Waals surface area contributed by atoms with E-state index in [1.807, 2.05) is 6.92 Å².